The smallest absolute Gasteiger partial charge is 0.338 e. The minimum absolute atomic E-state index is 0.124. The number of aryl methyl sites for hydroxylation is 1. The molecular weight excluding hydrogens is 394 g/mol. The number of rotatable bonds is 8. The molecule has 2 aromatic rings. The normalized spacial score (nSPS) is 11.0. The fourth-order valence-corrected chi connectivity index (χ4v) is 3.37. The van der Waals surface area contributed by atoms with Crippen LogP contribution < -0.4 is 15.4 Å². The minimum atomic E-state index is -3.94. The van der Waals surface area contributed by atoms with Gasteiger partial charge in [-0.05, 0) is 50.6 Å². The van der Waals surface area contributed by atoms with E-state index in [2.05, 4.69) is 5.32 Å². The van der Waals surface area contributed by atoms with Gasteiger partial charge < -0.3 is 15.0 Å². The number of sulfonamides is 1. The molecule has 0 saturated heterocycles. The van der Waals surface area contributed by atoms with E-state index < -0.39 is 28.5 Å². The monoisotopic (exact) mass is 419 g/mol. The first-order valence-electron chi connectivity index (χ1n) is 9.11. The lowest BCUT2D eigenvalue weighted by Crippen LogP contribution is -2.26. The SMILES string of the molecule is CCN(CC)c1ccc(S(N)(=O)=O)cc1NC(=O)COC(=O)c1ccccc1C. The number of carbonyl (C=O) groups is 2. The summed E-state index contributed by atoms with van der Waals surface area (Å²) in [5, 5.41) is 7.82. The number of primary sulfonamides is 1. The molecule has 0 aliphatic heterocycles. The van der Waals surface area contributed by atoms with Crippen molar-refractivity contribution in [3.05, 3.63) is 53.6 Å². The fraction of sp³-hybridized carbons (Fsp3) is 0.300. The summed E-state index contributed by atoms with van der Waals surface area (Å²) in [6, 6.07) is 11.2. The lowest BCUT2D eigenvalue weighted by atomic mass is 10.1. The first-order valence-corrected chi connectivity index (χ1v) is 10.7. The van der Waals surface area contributed by atoms with Gasteiger partial charge >= 0.3 is 5.97 Å². The van der Waals surface area contributed by atoms with Crippen LogP contribution in [0.4, 0.5) is 11.4 Å². The van der Waals surface area contributed by atoms with Crippen LogP contribution in [-0.2, 0) is 19.6 Å². The summed E-state index contributed by atoms with van der Waals surface area (Å²) < 4.78 is 28.4. The molecule has 0 radical (unpaired) electrons. The summed E-state index contributed by atoms with van der Waals surface area (Å²) in [6.45, 7) is 6.43. The second kappa shape index (κ2) is 9.53. The van der Waals surface area contributed by atoms with E-state index in [1.165, 1.54) is 12.1 Å². The third-order valence-electron chi connectivity index (χ3n) is 4.37. The first-order chi connectivity index (χ1) is 13.7. The van der Waals surface area contributed by atoms with Crippen molar-refractivity contribution in [3.8, 4) is 0 Å². The lowest BCUT2D eigenvalue weighted by molar-refractivity contribution is -0.119. The van der Waals surface area contributed by atoms with E-state index in [0.29, 0.717) is 24.3 Å². The molecule has 9 heteroatoms. The number of nitrogens with one attached hydrogen (secondary N) is 1. The molecular formula is C20H25N3O5S. The van der Waals surface area contributed by atoms with E-state index in [1.807, 2.05) is 18.7 Å². The molecule has 0 saturated carbocycles. The highest BCUT2D eigenvalue weighted by Crippen LogP contribution is 2.28. The van der Waals surface area contributed by atoms with Crippen LogP contribution >= 0.6 is 0 Å². The molecule has 2 rings (SSSR count). The molecule has 0 atom stereocenters. The van der Waals surface area contributed by atoms with Gasteiger partial charge in [0.05, 0.1) is 21.8 Å². The van der Waals surface area contributed by atoms with E-state index in [0.717, 1.165) is 5.56 Å². The number of esters is 1. The molecule has 29 heavy (non-hydrogen) atoms. The maximum absolute atomic E-state index is 12.4. The van der Waals surface area contributed by atoms with Crippen molar-refractivity contribution in [1.82, 2.24) is 0 Å². The van der Waals surface area contributed by atoms with E-state index >= 15 is 0 Å². The van der Waals surface area contributed by atoms with Gasteiger partial charge in [-0.1, -0.05) is 18.2 Å². The maximum atomic E-state index is 12.4. The Balaban J connectivity index is 2.19. The van der Waals surface area contributed by atoms with Crippen LogP contribution in [0.25, 0.3) is 0 Å². The van der Waals surface area contributed by atoms with Crippen LogP contribution in [0.3, 0.4) is 0 Å². The van der Waals surface area contributed by atoms with Gasteiger partial charge in [-0.25, -0.2) is 18.4 Å². The molecule has 0 aliphatic carbocycles. The molecule has 0 aromatic heterocycles. The van der Waals surface area contributed by atoms with Gasteiger partial charge in [0.2, 0.25) is 10.0 Å². The molecule has 0 bridgehead atoms. The molecule has 0 spiro atoms. The number of hydrogen-bond donors (Lipinski definition) is 2. The molecule has 8 nitrogen and oxygen atoms in total. The Morgan fingerprint density at radius 2 is 1.76 bits per heavy atom. The van der Waals surface area contributed by atoms with Gasteiger partial charge in [0, 0.05) is 13.1 Å². The molecule has 0 unspecified atom stereocenters. The highest BCUT2D eigenvalue weighted by Gasteiger charge is 2.17. The molecule has 2 aromatic carbocycles. The summed E-state index contributed by atoms with van der Waals surface area (Å²) in [7, 11) is -3.94. The van der Waals surface area contributed by atoms with E-state index in [9.17, 15) is 18.0 Å². The largest absolute Gasteiger partial charge is 0.452 e. The Hall–Kier alpha value is -2.91. The van der Waals surface area contributed by atoms with Crippen molar-refractivity contribution in [1.29, 1.82) is 0 Å². The van der Waals surface area contributed by atoms with Crippen molar-refractivity contribution >= 4 is 33.3 Å². The van der Waals surface area contributed by atoms with Crippen molar-refractivity contribution in [2.45, 2.75) is 25.7 Å². The Morgan fingerprint density at radius 3 is 2.34 bits per heavy atom. The lowest BCUT2D eigenvalue weighted by Gasteiger charge is -2.24. The number of carbonyl (C=O) groups excluding carboxylic acids is 2. The third kappa shape index (κ3) is 5.78. The van der Waals surface area contributed by atoms with Gasteiger partial charge in [-0.2, -0.15) is 0 Å². The number of ether oxygens (including phenoxy) is 1. The number of amides is 1. The number of anilines is 2. The average molecular weight is 420 g/mol. The first kappa shape index (κ1) is 22.4. The highest BCUT2D eigenvalue weighted by atomic mass is 32.2. The summed E-state index contributed by atoms with van der Waals surface area (Å²) in [5.41, 5.74) is 2.03. The van der Waals surface area contributed by atoms with Crippen molar-refractivity contribution in [2.24, 2.45) is 5.14 Å². The summed E-state index contributed by atoms with van der Waals surface area (Å²) in [6.07, 6.45) is 0. The molecule has 0 heterocycles. The van der Waals surface area contributed by atoms with Crippen LogP contribution in [0.15, 0.2) is 47.4 Å². The molecule has 0 fully saturated rings. The Bertz CT molecular complexity index is 1000. The van der Waals surface area contributed by atoms with Crippen LogP contribution in [0.2, 0.25) is 0 Å². The third-order valence-corrected chi connectivity index (χ3v) is 5.29. The van der Waals surface area contributed by atoms with E-state index in [-0.39, 0.29) is 10.6 Å². The second-order valence-corrected chi connectivity index (χ2v) is 7.90. The fourth-order valence-electron chi connectivity index (χ4n) is 2.83. The molecule has 1 amide bonds. The van der Waals surface area contributed by atoms with Crippen LogP contribution in [0.1, 0.15) is 29.8 Å². The topological polar surface area (TPSA) is 119 Å². The zero-order valence-corrected chi connectivity index (χ0v) is 17.5. The predicted octanol–water partition coefficient (Wildman–Crippen LogP) is 2.28. The van der Waals surface area contributed by atoms with E-state index in [1.54, 1.807) is 37.3 Å². The van der Waals surface area contributed by atoms with Crippen molar-refractivity contribution in [3.63, 3.8) is 0 Å². The van der Waals surface area contributed by atoms with Gasteiger partial charge in [0.25, 0.3) is 5.91 Å². The van der Waals surface area contributed by atoms with Gasteiger partial charge in [-0.15, -0.1) is 0 Å². The maximum Gasteiger partial charge on any atom is 0.338 e. The van der Waals surface area contributed by atoms with E-state index in [4.69, 9.17) is 9.88 Å². The quantitative estimate of drug-likeness (QED) is 0.634. The number of nitrogens with zero attached hydrogens (tertiary/aromatic N) is 1. The summed E-state index contributed by atoms with van der Waals surface area (Å²) >= 11 is 0. The highest BCUT2D eigenvalue weighted by molar-refractivity contribution is 7.89. The van der Waals surface area contributed by atoms with Crippen molar-refractivity contribution in [2.75, 3.05) is 29.9 Å². The van der Waals surface area contributed by atoms with Crippen LogP contribution in [-0.4, -0.2) is 40.0 Å². The number of benzene rings is 2. The molecule has 3 N–H and O–H groups in total. The number of nitrogens with two attached hydrogens (primary N) is 1. The Morgan fingerprint density at radius 1 is 1.10 bits per heavy atom. The average Bonchev–Trinajstić information content (AvgIpc) is 2.67. The van der Waals surface area contributed by atoms with Crippen LogP contribution in [0.5, 0.6) is 0 Å². The molecule has 156 valence electrons. The van der Waals surface area contributed by atoms with Gasteiger partial charge in [-0.3, -0.25) is 4.79 Å². The Labute approximate surface area is 170 Å². The second-order valence-electron chi connectivity index (χ2n) is 6.34. The standard InChI is InChI=1S/C20H25N3O5S/c1-4-23(5-2)18-11-10-15(29(21,26)27)12-17(18)22-19(24)13-28-20(25)16-9-7-6-8-14(16)3/h6-12H,4-5,13H2,1-3H3,(H,22,24)(H2,21,26,27). The molecule has 0 aliphatic rings. The minimum Gasteiger partial charge on any atom is -0.452 e. The summed E-state index contributed by atoms with van der Waals surface area (Å²) in [5.74, 6) is -1.20. The Kier molecular flexibility index (Phi) is 7.35. The van der Waals surface area contributed by atoms with Crippen LogP contribution in [0, 0.1) is 6.92 Å². The van der Waals surface area contributed by atoms with Gasteiger partial charge in [0.1, 0.15) is 0 Å². The zero-order valence-electron chi connectivity index (χ0n) is 16.6. The predicted molar refractivity (Wildman–Crippen MR) is 111 cm³/mol. The van der Waals surface area contributed by atoms with Gasteiger partial charge in [0.15, 0.2) is 6.61 Å². The summed E-state index contributed by atoms with van der Waals surface area (Å²) in [4.78, 5) is 26.3. The van der Waals surface area contributed by atoms with Crippen molar-refractivity contribution < 1.29 is 22.7 Å². The number of hydrogen-bond acceptors (Lipinski definition) is 6. The zero-order chi connectivity index (χ0) is 21.6.